The second-order valence-corrected chi connectivity index (χ2v) is 3.43. The van der Waals surface area contributed by atoms with Crippen molar-refractivity contribution in [3.63, 3.8) is 0 Å². The third kappa shape index (κ3) is 2.76. The van der Waals surface area contributed by atoms with E-state index < -0.39 is 12.0 Å². The van der Waals surface area contributed by atoms with Crippen LogP contribution in [-0.4, -0.2) is 33.9 Å². The molecule has 0 aromatic heterocycles. The molecule has 84 valence electrons. The van der Waals surface area contributed by atoms with Crippen LogP contribution in [0.4, 0.5) is 0 Å². The Labute approximate surface area is 87.2 Å². The zero-order valence-electron chi connectivity index (χ0n) is 8.52. The Morgan fingerprint density at radius 3 is 2.40 bits per heavy atom. The van der Waals surface area contributed by atoms with Crippen molar-refractivity contribution in [1.29, 1.82) is 0 Å². The molecule has 1 saturated heterocycles. The van der Waals surface area contributed by atoms with Gasteiger partial charge in [0.25, 0.3) is 0 Å². The van der Waals surface area contributed by atoms with Crippen LogP contribution in [0.3, 0.4) is 0 Å². The van der Waals surface area contributed by atoms with E-state index in [2.05, 4.69) is 5.43 Å². The van der Waals surface area contributed by atoms with Crippen LogP contribution in [-0.2, 0) is 14.4 Å². The lowest BCUT2D eigenvalue weighted by atomic mass is 10.2. The van der Waals surface area contributed by atoms with Gasteiger partial charge in [0.05, 0.1) is 0 Å². The summed E-state index contributed by atoms with van der Waals surface area (Å²) >= 11 is 0. The Balaban J connectivity index is 2.60. The van der Waals surface area contributed by atoms with E-state index in [1.165, 1.54) is 0 Å². The van der Waals surface area contributed by atoms with Crippen LogP contribution in [0.1, 0.15) is 32.6 Å². The number of nitrogens with one attached hydrogen (secondary N) is 1. The normalized spacial score (nSPS) is 18.3. The van der Waals surface area contributed by atoms with Crippen molar-refractivity contribution >= 4 is 17.8 Å². The predicted octanol–water partition coefficient (Wildman–Crippen LogP) is -0.107. The Kier molecular flexibility index (Phi) is 3.79. The molecule has 15 heavy (non-hydrogen) atoms. The summed E-state index contributed by atoms with van der Waals surface area (Å²) < 4.78 is 0. The third-order valence-corrected chi connectivity index (χ3v) is 2.21. The van der Waals surface area contributed by atoms with Gasteiger partial charge in [0.15, 0.2) is 0 Å². The number of hydrogen-bond donors (Lipinski definition) is 2. The summed E-state index contributed by atoms with van der Waals surface area (Å²) in [6.45, 7) is 1.84. The highest BCUT2D eigenvalue weighted by Crippen LogP contribution is 2.10. The Morgan fingerprint density at radius 1 is 1.47 bits per heavy atom. The first-order chi connectivity index (χ1) is 7.06. The fourth-order valence-electron chi connectivity index (χ4n) is 1.41. The lowest BCUT2D eigenvalue weighted by Gasteiger charge is -2.20. The van der Waals surface area contributed by atoms with E-state index in [-0.39, 0.29) is 24.7 Å². The summed E-state index contributed by atoms with van der Waals surface area (Å²) in [4.78, 5) is 33.2. The maximum absolute atomic E-state index is 11.2. The highest BCUT2D eigenvalue weighted by Gasteiger charge is 2.32. The van der Waals surface area contributed by atoms with Crippen molar-refractivity contribution in [2.75, 3.05) is 0 Å². The summed E-state index contributed by atoms with van der Waals surface area (Å²) in [5, 5.41) is 9.65. The van der Waals surface area contributed by atoms with Gasteiger partial charge in [-0.25, -0.2) is 10.4 Å². The van der Waals surface area contributed by atoms with E-state index in [0.29, 0.717) is 12.8 Å². The number of imide groups is 1. The Hall–Kier alpha value is -1.43. The van der Waals surface area contributed by atoms with E-state index in [4.69, 9.17) is 5.11 Å². The van der Waals surface area contributed by atoms with Crippen LogP contribution in [0, 0.1) is 0 Å². The number of hydrogen-bond acceptors (Lipinski definition) is 4. The summed E-state index contributed by atoms with van der Waals surface area (Å²) in [5.41, 5.74) is 2.45. The SMILES string of the molecule is CCC[C@H](NN1C(=O)CCC1=O)C(=O)O. The maximum Gasteiger partial charge on any atom is 0.322 e. The van der Waals surface area contributed by atoms with Gasteiger partial charge in [0, 0.05) is 12.8 Å². The molecule has 1 rings (SSSR count). The van der Waals surface area contributed by atoms with Gasteiger partial charge in [0.1, 0.15) is 6.04 Å². The van der Waals surface area contributed by atoms with Crippen LogP contribution in [0.2, 0.25) is 0 Å². The van der Waals surface area contributed by atoms with Gasteiger partial charge < -0.3 is 5.11 Å². The van der Waals surface area contributed by atoms with Crippen molar-refractivity contribution in [1.82, 2.24) is 10.4 Å². The Morgan fingerprint density at radius 2 is 2.00 bits per heavy atom. The summed E-state index contributed by atoms with van der Waals surface area (Å²) in [6, 6.07) is -0.874. The summed E-state index contributed by atoms with van der Waals surface area (Å²) in [6.07, 6.45) is 1.36. The number of carboxylic acid groups (broad SMARTS) is 1. The molecule has 1 aliphatic rings. The second kappa shape index (κ2) is 4.88. The molecular formula is C9H14N2O4. The molecule has 0 aromatic rings. The minimum atomic E-state index is -1.05. The van der Waals surface area contributed by atoms with E-state index >= 15 is 0 Å². The lowest BCUT2D eigenvalue weighted by molar-refractivity contribution is -0.147. The first-order valence-corrected chi connectivity index (χ1v) is 4.91. The molecule has 0 aliphatic carbocycles. The van der Waals surface area contributed by atoms with E-state index in [9.17, 15) is 14.4 Å². The van der Waals surface area contributed by atoms with Gasteiger partial charge in [-0.05, 0) is 6.42 Å². The molecule has 1 fully saturated rings. The summed E-state index contributed by atoms with van der Waals surface area (Å²) in [7, 11) is 0. The van der Waals surface area contributed by atoms with Crippen LogP contribution < -0.4 is 5.43 Å². The average Bonchev–Trinajstić information content (AvgIpc) is 2.48. The Bertz CT molecular complexity index is 274. The van der Waals surface area contributed by atoms with E-state index in [0.717, 1.165) is 5.01 Å². The number of nitrogens with zero attached hydrogens (tertiary/aromatic N) is 1. The zero-order valence-corrected chi connectivity index (χ0v) is 8.52. The van der Waals surface area contributed by atoms with Gasteiger partial charge in [-0.1, -0.05) is 13.3 Å². The molecule has 6 heteroatoms. The number of amides is 2. The topological polar surface area (TPSA) is 86.7 Å². The highest BCUT2D eigenvalue weighted by molar-refractivity contribution is 6.01. The van der Waals surface area contributed by atoms with Crippen molar-refractivity contribution in [2.45, 2.75) is 38.6 Å². The molecule has 0 aromatic carbocycles. The van der Waals surface area contributed by atoms with Crippen molar-refractivity contribution < 1.29 is 19.5 Å². The van der Waals surface area contributed by atoms with Crippen LogP contribution in [0.5, 0.6) is 0 Å². The molecule has 1 atom stereocenters. The first-order valence-electron chi connectivity index (χ1n) is 4.91. The highest BCUT2D eigenvalue weighted by atomic mass is 16.4. The molecule has 1 aliphatic heterocycles. The van der Waals surface area contributed by atoms with E-state index in [1.54, 1.807) is 0 Å². The maximum atomic E-state index is 11.2. The molecule has 6 nitrogen and oxygen atoms in total. The number of hydrazine groups is 1. The number of rotatable bonds is 5. The minimum absolute atomic E-state index is 0.157. The van der Waals surface area contributed by atoms with Crippen molar-refractivity contribution in [3.8, 4) is 0 Å². The molecule has 2 N–H and O–H groups in total. The molecule has 2 amide bonds. The van der Waals surface area contributed by atoms with Gasteiger partial charge in [0.2, 0.25) is 11.8 Å². The second-order valence-electron chi connectivity index (χ2n) is 3.43. The quantitative estimate of drug-likeness (QED) is 0.624. The molecule has 0 radical (unpaired) electrons. The van der Waals surface area contributed by atoms with Gasteiger partial charge in [-0.2, -0.15) is 0 Å². The molecule has 0 unspecified atom stereocenters. The van der Waals surface area contributed by atoms with Gasteiger partial charge in [-0.3, -0.25) is 14.4 Å². The van der Waals surface area contributed by atoms with Crippen molar-refractivity contribution in [3.05, 3.63) is 0 Å². The first kappa shape index (κ1) is 11.6. The van der Waals surface area contributed by atoms with Gasteiger partial charge >= 0.3 is 5.97 Å². The minimum Gasteiger partial charge on any atom is -0.480 e. The lowest BCUT2D eigenvalue weighted by Crippen LogP contribution is -2.50. The molecular weight excluding hydrogens is 200 g/mol. The molecule has 0 bridgehead atoms. The predicted molar refractivity (Wildman–Crippen MR) is 50.6 cm³/mol. The standard InChI is InChI=1S/C9H14N2O4/c1-2-3-6(9(14)15)10-11-7(12)4-5-8(11)13/h6,10H,2-5H2,1H3,(H,14,15)/t6-/m0/s1. The molecule has 0 spiro atoms. The number of carboxylic acids is 1. The molecule has 0 saturated carbocycles. The van der Waals surface area contributed by atoms with Crippen molar-refractivity contribution in [2.24, 2.45) is 0 Å². The average molecular weight is 214 g/mol. The fourth-order valence-corrected chi connectivity index (χ4v) is 1.41. The van der Waals surface area contributed by atoms with Gasteiger partial charge in [-0.15, -0.1) is 0 Å². The number of aliphatic carboxylic acids is 1. The van der Waals surface area contributed by atoms with E-state index in [1.807, 2.05) is 6.92 Å². The van der Waals surface area contributed by atoms with Crippen LogP contribution >= 0.6 is 0 Å². The summed E-state index contributed by atoms with van der Waals surface area (Å²) in [5.74, 6) is -1.77. The number of carbonyl (C=O) groups is 3. The van der Waals surface area contributed by atoms with Crippen LogP contribution in [0.15, 0.2) is 0 Å². The zero-order chi connectivity index (χ0) is 11.4. The van der Waals surface area contributed by atoms with Crippen LogP contribution in [0.25, 0.3) is 0 Å². The monoisotopic (exact) mass is 214 g/mol. The molecule has 1 heterocycles. The fraction of sp³-hybridized carbons (Fsp3) is 0.667. The third-order valence-electron chi connectivity index (χ3n) is 2.21. The number of carbonyl (C=O) groups excluding carboxylic acids is 2. The smallest absolute Gasteiger partial charge is 0.322 e. The largest absolute Gasteiger partial charge is 0.480 e.